The summed E-state index contributed by atoms with van der Waals surface area (Å²) in [4.78, 5) is 0. The van der Waals surface area contributed by atoms with Crippen LogP contribution in [0.15, 0.2) is 18.2 Å². The van der Waals surface area contributed by atoms with Gasteiger partial charge < -0.3 is 5.32 Å². The summed E-state index contributed by atoms with van der Waals surface area (Å²) in [6.07, 6.45) is 1.13. The Morgan fingerprint density at radius 1 is 1.31 bits per heavy atom. The maximum atomic E-state index is 6.24. The Balaban J connectivity index is 2.30. The number of hydrogen-bond donors (Lipinski definition) is 1. The van der Waals surface area contributed by atoms with E-state index < -0.39 is 0 Å². The molecule has 1 nitrogen and oxygen atoms in total. The molecule has 1 N–H and O–H groups in total. The van der Waals surface area contributed by atoms with Gasteiger partial charge in [0, 0.05) is 16.1 Å². The van der Waals surface area contributed by atoms with E-state index >= 15 is 0 Å². The Labute approximate surface area is 107 Å². The quantitative estimate of drug-likeness (QED) is 0.842. The number of rotatable bonds is 2. The highest BCUT2D eigenvalue weighted by atomic mass is 35.5. The van der Waals surface area contributed by atoms with Crippen LogP contribution in [0, 0.1) is 5.41 Å². The summed E-state index contributed by atoms with van der Waals surface area (Å²) in [7, 11) is 2.02. The summed E-state index contributed by atoms with van der Waals surface area (Å²) in [5, 5.41) is 4.95. The Bertz CT molecular complexity index is 401. The first-order chi connectivity index (χ1) is 7.46. The van der Waals surface area contributed by atoms with Crippen LogP contribution in [-0.2, 0) is 0 Å². The van der Waals surface area contributed by atoms with Gasteiger partial charge in [-0.25, -0.2) is 0 Å². The van der Waals surface area contributed by atoms with E-state index in [9.17, 15) is 0 Å². The lowest BCUT2D eigenvalue weighted by atomic mass is 9.56. The van der Waals surface area contributed by atoms with E-state index in [1.807, 2.05) is 25.2 Å². The Morgan fingerprint density at radius 3 is 2.56 bits per heavy atom. The van der Waals surface area contributed by atoms with Crippen LogP contribution >= 0.6 is 23.2 Å². The number of halogens is 2. The van der Waals surface area contributed by atoms with Gasteiger partial charge in [0.2, 0.25) is 0 Å². The van der Waals surface area contributed by atoms with E-state index in [-0.39, 0.29) is 5.41 Å². The van der Waals surface area contributed by atoms with Crippen LogP contribution in [0.5, 0.6) is 0 Å². The van der Waals surface area contributed by atoms with Crippen LogP contribution in [0.4, 0.5) is 0 Å². The summed E-state index contributed by atoms with van der Waals surface area (Å²) in [5.74, 6) is 0.496. The highest BCUT2D eigenvalue weighted by Crippen LogP contribution is 2.54. The fourth-order valence-corrected chi connectivity index (χ4v) is 3.15. The van der Waals surface area contributed by atoms with Gasteiger partial charge in [-0.2, -0.15) is 0 Å². The smallest absolute Gasteiger partial charge is 0.0442 e. The molecule has 3 heteroatoms. The molecule has 0 saturated heterocycles. The van der Waals surface area contributed by atoms with Crippen molar-refractivity contribution in [2.24, 2.45) is 5.41 Å². The third-order valence-corrected chi connectivity index (χ3v) is 4.53. The standard InChI is InChI=1S/C13H17Cl2N/c1-13(2)10(7-12(13)16-3)9-6-8(14)4-5-11(9)15/h4-6,10,12,16H,7H2,1-3H3. The van der Waals surface area contributed by atoms with Crippen molar-refractivity contribution < 1.29 is 0 Å². The highest BCUT2D eigenvalue weighted by Gasteiger charge is 2.48. The molecule has 0 radical (unpaired) electrons. The first-order valence-corrected chi connectivity index (χ1v) is 6.34. The summed E-state index contributed by atoms with van der Waals surface area (Å²) in [6.45, 7) is 4.55. The third kappa shape index (κ3) is 1.85. The molecule has 0 spiro atoms. The molecule has 2 atom stereocenters. The third-order valence-electron chi connectivity index (χ3n) is 3.95. The normalized spacial score (nSPS) is 27.6. The van der Waals surface area contributed by atoms with Crippen molar-refractivity contribution in [2.75, 3.05) is 7.05 Å². The van der Waals surface area contributed by atoms with Crippen molar-refractivity contribution in [3.05, 3.63) is 33.8 Å². The van der Waals surface area contributed by atoms with E-state index in [2.05, 4.69) is 19.2 Å². The first-order valence-electron chi connectivity index (χ1n) is 5.59. The second-order valence-corrected chi connectivity index (χ2v) is 5.96. The Kier molecular flexibility index (Phi) is 3.22. The molecule has 0 bridgehead atoms. The lowest BCUT2D eigenvalue weighted by Crippen LogP contribution is -2.54. The Morgan fingerprint density at radius 2 is 2.00 bits per heavy atom. The molecule has 1 fully saturated rings. The monoisotopic (exact) mass is 257 g/mol. The first kappa shape index (κ1) is 12.2. The molecule has 0 aromatic heterocycles. The number of benzene rings is 1. The van der Waals surface area contributed by atoms with Gasteiger partial charge in [-0.1, -0.05) is 37.0 Å². The van der Waals surface area contributed by atoms with Gasteiger partial charge in [0.25, 0.3) is 0 Å². The zero-order chi connectivity index (χ0) is 11.9. The summed E-state index contributed by atoms with van der Waals surface area (Å²) in [6, 6.07) is 6.30. The second-order valence-electron chi connectivity index (χ2n) is 5.12. The number of hydrogen-bond acceptors (Lipinski definition) is 1. The molecule has 1 aliphatic rings. The molecule has 0 amide bonds. The molecule has 1 aliphatic carbocycles. The number of nitrogens with one attached hydrogen (secondary N) is 1. The largest absolute Gasteiger partial charge is 0.316 e. The lowest BCUT2D eigenvalue weighted by molar-refractivity contribution is 0.0752. The Hall–Kier alpha value is -0.240. The molecule has 2 rings (SSSR count). The van der Waals surface area contributed by atoms with Gasteiger partial charge >= 0.3 is 0 Å². The molecule has 1 saturated carbocycles. The van der Waals surface area contributed by atoms with Gasteiger partial charge in [0.15, 0.2) is 0 Å². The van der Waals surface area contributed by atoms with Crippen LogP contribution in [0.1, 0.15) is 31.7 Å². The average molecular weight is 258 g/mol. The predicted octanol–water partition coefficient (Wildman–Crippen LogP) is 4.09. The molecule has 2 unspecified atom stereocenters. The van der Waals surface area contributed by atoms with E-state index in [0.29, 0.717) is 12.0 Å². The van der Waals surface area contributed by atoms with Crippen molar-refractivity contribution in [1.29, 1.82) is 0 Å². The highest BCUT2D eigenvalue weighted by molar-refractivity contribution is 6.33. The van der Waals surface area contributed by atoms with E-state index in [4.69, 9.17) is 23.2 Å². The second kappa shape index (κ2) is 4.21. The lowest BCUT2D eigenvalue weighted by Gasteiger charge is -2.52. The van der Waals surface area contributed by atoms with Gasteiger partial charge in [0.1, 0.15) is 0 Å². The van der Waals surface area contributed by atoms with Gasteiger partial charge in [-0.3, -0.25) is 0 Å². The topological polar surface area (TPSA) is 12.0 Å². The van der Waals surface area contributed by atoms with Crippen molar-refractivity contribution in [1.82, 2.24) is 5.32 Å². The SMILES string of the molecule is CNC1CC(c2cc(Cl)ccc2Cl)C1(C)C. The fraction of sp³-hybridized carbons (Fsp3) is 0.538. The maximum absolute atomic E-state index is 6.24. The zero-order valence-electron chi connectivity index (χ0n) is 9.85. The van der Waals surface area contributed by atoms with Crippen LogP contribution in [0.3, 0.4) is 0 Å². The van der Waals surface area contributed by atoms with Crippen LogP contribution in [0.25, 0.3) is 0 Å². The molecule has 0 aliphatic heterocycles. The summed E-state index contributed by atoms with van der Waals surface area (Å²) >= 11 is 12.3. The minimum absolute atomic E-state index is 0.239. The van der Waals surface area contributed by atoms with Gasteiger partial charge in [-0.05, 0) is 48.6 Å². The molecule has 0 heterocycles. The average Bonchev–Trinajstić information content (AvgIpc) is 2.22. The summed E-state index contributed by atoms with van der Waals surface area (Å²) < 4.78 is 0. The van der Waals surface area contributed by atoms with Crippen LogP contribution in [0.2, 0.25) is 10.0 Å². The molecule has 1 aromatic carbocycles. The molecular weight excluding hydrogens is 241 g/mol. The maximum Gasteiger partial charge on any atom is 0.0442 e. The van der Waals surface area contributed by atoms with Crippen molar-refractivity contribution in [3.8, 4) is 0 Å². The zero-order valence-corrected chi connectivity index (χ0v) is 11.4. The summed E-state index contributed by atoms with van der Waals surface area (Å²) in [5.41, 5.74) is 1.42. The van der Waals surface area contributed by atoms with Crippen LogP contribution in [-0.4, -0.2) is 13.1 Å². The van der Waals surface area contributed by atoms with Crippen molar-refractivity contribution >= 4 is 23.2 Å². The van der Waals surface area contributed by atoms with Gasteiger partial charge in [-0.15, -0.1) is 0 Å². The van der Waals surface area contributed by atoms with E-state index in [0.717, 1.165) is 16.5 Å². The predicted molar refractivity (Wildman–Crippen MR) is 70.4 cm³/mol. The van der Waals surface area contributed by atoms with Gasteiger partial charge in [0.05, 0.1) is 0 Å². The fourth-order valence-electron chi connectivity index (χ4n) is 2.72. The molecule has 16 heavy (non-hydrogen) atoms. The minimum atomic E-state index is 0.239. The van der Waals surface area contributed by atoms with Crippen molar-refractivity contribution in [3.63, 3.8) is 0 Å². The molecule has 1 aromatic rings. The molecular formula is C13H17Cl2N. The molecule has 88 valence electrons. The van der Waals surface area contributed by atoms with E-state index in [1.165, 1.54) is 5.56 Å². The minimum Gasteiger partial charge on any atom is -0.316 e. The van der Waals surface area contributed by atoms with Crippen molar-refractivity contribution in [2.45, 2.75) is 32.2 Å². The van der Waals surface area contributed by atoms with E-state index in [1.54, 1.807) is 0 Å². The van der Waals surface area contributed by atoms with Crippen LogP contribution < -0.4 is 5.32 Å².